The molecule has 0 bridgehead atoms. The van der Waals surface area contributed by atoms with Crippen LogP contribution in [0.5, 0.6) is 0 Å². The summed E-state index contributed by atoms with van der Waals surface area (Å²) >= 11 is 0. The van der Waals surface area contributed by atoms with Crippen molar-refractivity contribution < 1.29 is 14.3 Å². The number of allylic oxidation sites excluding steroid dienone is 1. The summed E-state index contributed by atoms with van der Waals surface area (Å²) in [5.74, 6) is 3.28. The lowest BCUT2D eigenvalue weighted by molar-refractivity contribution is 0.0691. The molecule has 0 N–H and O–H groups in total. The molecule has 140 valence electrons. The van der Waals surface area contributed by atoms with Gasteiger partial charge in [0.25, 0.3) is 0 Å². The van der Waals surface area contributed by atoms with E-state index >= 15 is 0 Å². The second kappa shape index (κ2) is 9.56. The second-order valence-corrected chi connectivity index (χ2v) is 6.82. The van der Waals surface area contributed by atoms with Gasteiger partial charge in [0.2, 0.25) is 0 Å². The van der Waals surface area contributed by atoms with Crippen molar-refractivity contribution in [1.82, 2.24) is 0 Å². The van der Waals surface area contributed by atoms with Crippen molar-refractivity contribution in [2.24, 2.45) is 4.99 Å². The molecular formula is C23H25NO3. The number of carbonyl (C=O) groups is 1. The van der Waals surface area contributed by atoms with E-state index in [9.17, 15) is 4.79 Å². The molecule has 0 radical (unpaired) electrons. The maximum absolute atomic E-state index is 12.5. The van der Waals surface area contributed by atoms with Crippen molar-refractivity contribution in [2.75, 3.05) is 6.61 Å². The van der Waals surface area contributed by atoms with Crippen LogP contribution in [0.3, 0.4) is 0 Å². The molecule has 4 heteroatoms. The van der Waals surface area contributed by atoms with E-state index in [1.165, 1.54) is 0 Å². The number of benzene rings is 2. The van der Waals surface area contributed by atoms with Crippen molar-refractivity contribution in [3.8, 4) is 0 Å². The zero-order valence-corrected chi connectivity index (χ0v) is 16.2. The molecule has 0 fully saturated rings. The minimum absolute atomic E-state index is 0.288. The Hall–Kier alpha value is -3.10. The van der Waals surface area contributed by atoms with Gasteiger partial charge >= 0.3 is 5.97 Å². The van der Waals surface area contributed by atoms with E-state index in [2.05, 4.69) is 10.9 Å². The minimum Gasteiger partial charge on any atom is -0.485 e. The fourth-order valence-electron chi connectivity index (χ4n) is 2.11. The molecule has 0 spiro atoms. The fourth-order valence-corrected chi connectivity index (χ4v) is 2.11. The van der Waals surface area contributed by atoms with Gasteiger partial charge in [-0.3, -0.25) is 0 Å². The smallest absolute Gasteiger partial charge is 0.343 e. The summed E-state index contributed by atoms with van der Waals surface area (Å²) < 4.78 is 11.3. The summed E-state index contributed by atoms with van der Waals surface area (Å²) in [7, 11) is 0. The Labute approximate surface area is 160 Å². The van der Waals surface area contributed by atoms with E-state index in [4.69, 9.17) is 9.47 Å². The summed E-state index contributed by atoms with van der Waals surface area (Å²) in [6.45, 7) is 8.25. The van der Waals surface area contributed by atoms with E-state index in [-0.39, 0.29) is 5.54 Å². The van der Waals surface area contributed by atoms with Crippen molar-refractivity contribution in [3.63, 3.8) is 0 Å². The predicted molar refractivity (Wildman–Crippen MR) is 109 cm³/mol. The molecule has 2 aromatic rings. The van der Waals surface area contributed by atoms with Crippen LogP contribution in [-0.4, -0.2) is 24.0 Å². The first-order valence-corrected chi connectivity index (χ1v) is 8.91. The molecule has 0 aliphatic heterocycles. The first kappa shape index (κ1) is 20.2. The third-order valence-corrected chi connectivity index (χ3v) is 3.33. The van der Waals surface area contributed by atoms with E-state index in [0.717, 1.165) is 5.56 Å². The molecule has 0 saturated carbocycles. The number of esters is 1. The number of hydrogen-bond acceptors (Lipinski definition) is 4. The lowest BCUT2D eigenvalue weighted by Crippen LogP contribution is -2.09. The average molecular weight is 363 g/mol. The quantitative estimate of drug-likeness (QED) is 0.304. The van der Waals surface area contributed by atoms with Crippen LogP contribution < -0.4 is 0 Å². The Morgan fingerprint density at radius 3 is 2.07 bits per heavy atom. The highest BCUT2D eigenvalue weighted by atomic mass is 16.5. The molecule has 0 saturated heterocycles. The number of carbonyl (C=O) groups excluding carboxylic acids is 1. The van der Waals surface area contributed by atoms with Gasteiger partial charge in [-0.2, -0.15) is 0 Å². The molecule has 0 aliphatic carbocycles. The van der Waals surface area contributed by atoms with Gasteiger partial charge in [0.1, 0.15) is 5.76 Å². The largest absolute Gasteiger partial charge is 0.485 e. The normalized spacial score (nSPS) is 11.3. The van der Waals surface area contributed by atoms with E-state index in [0.29, 0.717) is 23.7 Å². The first-order chi connectivity index (χ1) is 12.9. The molecule has 0 atom stereocenters. The highest BCUT2D eigenvalue weighted by molar-refractivity contribution is 5.93. The van der Waals surface area contributed by atoms with Crippen LogP contribution in [0.25, 0.3) is 5.76 Å². The van der Waals surface area contributed by atoms with Crippen molar-refractivity contribution >= 4 is 17.6 Å². The van der Waals surface area contributed by atoms with Crippen LogP contribution in [0.1, 0.15) is 43.6 Å². The molecular weight excluding hydrogens is 338 g/mol. The molecule has 0 heterocycles. The predicted octanol–water partition coefficient (Wildman–Crippen LogP) is 5.27. The van der Waals surface area contributed by atoms with E-state index < -0.39 is 5.97 Å². The number of hydrogen-bond donors (Lipinski definition) is 0. The van der Waals surface area contributed by atoms with Gasteiger partial charge in [0.15, 0.2) is 5.76 Å². The van der Waals surface area contributed by atoms with Crippen molar-refractivity contribution in [2.45, 2.75) is 33.2 Å². The fraction of sp³-hybridized carbons (Fsp3) is 0.261. The van der Waals surface area contributed by atoms with Gasteiger partial charge in [0.05, 0.1) is 17.7 Å². The van der Waals surface area contributed by atoms with Crippen LogP contribution in [0, 0.1) is 0 Å². The van der Waals surface area contributed by atoms with Crippen molar-refractivity contribution in [1.29, 1.82) is 0 Å². The lowest BCUT2D eigenvalue weighted by atomic mass is 10.1. The Kier molecular flexibility index (Phi) is 7.16. The number of nitrogens with zero attached hydrogens (tertiary/aromatic N) is 1. The van der Waals surface area contributed by atoms with Crippen LogP contribution in [0.2, 0.25) is 0 Å². The van der Waals surface area contributed by atoms with Crippen LogP contribution >= 0.6 is 0 Å². The van der Waals surface area contributed by atoms with Gasteiger partial charge in [-0.25, -0.2) is 9.79 Å². The van der Waals surface area contributed by atoms with Gasteiger partial charge in [-0.15, -0.1) is 0 Å². The molecule has 0 amide bonds. The summed E-state index contributed by atoms with van der Waals surface area (Å²) in [4.78, 5) is 16.9. The Bertz CT molecular complexity index is 840. The number of ether oxygens (including phenoxy) is 2. The molecule has 0 aliphatic rings. The third kappa shape index (κ3) is 6.96. The summed E-state index contributed by atoms with van der Waals surface area (Å²) in [5.41, 5.74) is 0.949. The summed E-state index contributed by atoms with van der Waals surface area (Å²) in [6.07, 6.45) is 1.65. The maximum atomic E-state index is 12.5. The molecule has 2 rings (SSSR count). The highest BCUT2D eigenvalue weighted by Crippen LogP contribution is 2.20. The van der Waals surface area contributed by atoms with Crippen molar-refractivity contribution in [3.05, 3.63) is 83.6 Å². The average Bonchev–Trinajstić information content (AvgIpc) is 2.66. The summed E-state index contributed by atoms with van der Waals surface area (Å²) in [5, 5.41) is 0. The lowest BCUT2D eigenvalue weighted by Gasteiger charge is -2.11. The minimum atomic E-state index is -0.436. The van der Waals surface area contributed by atoms with E-state index in [1.54, 1.807) is 30.3 Å². The topological polar surface area (TPSA) is 47.9 Å². The maximum Gasteiger partial charge on any atom is 0.343 e. The van der Waals surface area contributed by atoms with Gasteiger partial charge in [-0.1, -0.05) is 48.5 Å². The van der Waals surface area contributed by atoms with Crippen LogP contribution in [0.4, 0.5) is 0 Å². The van der Waals surface area contributed by atoms with E-state index in [1.807, 2.05) is 64.1 Å². The molecule has 0 unspecified atom stereocenters. The van der Waals surface area contributed by atoms with Crippen LogP contribution in [-0.2, 0) is 9.47 Å². The Balaban J connectivity index is 2.43. The molecule has 27 heavy (non-hydrogen) atoms. The zero-order valence-electron chi connectivity index (χ0n) is 16.2. The first-order valence-electron chi connectivity index (χ1n) is 8.91. The number of aliphatic imine (C=N–C) groups is 1. The zero-order chi connectivity index (χ0) is 19.7. The summed E-state index contributed by atoms with van der Waals surface area (Å²) in [6, 6.07) is 18.3. The van der Waals surface area contributed by atoms with Crippen LogP contribution in [0.15, 0.2) is 77.5 Å². The molecule has 2 aromatic carbocycles. The second-order valence-electron chi connectivity index (χ2n) is 6.82. The third-order valence-electron chi connectivity index (χ3n) is 3.33. The number of rotatable bonds is 6. The Morgan fingerprint density at radius 2 is 1.56 bits per heavy atom. The van der Waals surface area contributed by atoms with Gasteiger partial charge < -0.3 is 9.47 Å². The standard InChI is InChI=1S/C23H25NO3/c1-5-26-20(17-24-23(2,3)4)16-21(18-12-8-6-9-13-18)27-22(25)19-14-10-7-11-15-19/h6-16H,5H2,1-4H3/b21-16-. The Morgan fingerprint density at radius 1 is 1.00 bits per heavy atom. The van der Waals surface area contributed by atoms with Gasteiger partial charge in [0, 0.05) is 17.5 Å². The SMILES string of the molecule is CCOC(=C=NC(C)(C)C)/C=C(\OC(=O)c1ccccc1)c1ccccc1. The monoisotopic (exact) mass is 363 g/mol. The molecule has 0 aromatic heterocycles. The van der Waals surface area contributed by atoms with Gasteiger partial charge in [-0.05, 0) is 39.8 Å². The molecule has 4 nitrogen and oxygen atoms in total. The highest BCUT2D eigenvalue weighted by Gasteiger charge is 2.13.